The molecule has 1 heterocycles. The molecule has 0 unspecified atom stereocenters. The van der Waals surface area contributed by atoms with Crippen LogP contribution in [0.25, 0.3) is 0 Å². The van der Waals surface area contributed by atoms with E-state index in [0.717, 1.165) is 11.3 Å². The van der Waals surface area contributed by atoms with Crippen molar-refractivity contribution in [3.8, 4) is 5.88 Å². The Labute approximate surface area is 188 Å². The predicted molar refractivity (Wildman–Crippen MR) is 122 cm³/mol. The van der Waals surface area contributed by atoms with Gasteiger partial charge in [-0.15, -0.1) is 0 Å². The zero-order chi connectivity index (χ0) is 22.4. The molecule has 0 radical (unpaired) electrons. The van der Waals surface area contributed by atoms with E-state index >= 15 is 0 Å². The summed E-state index contributed by atoms with van der Waals surface area (Å²) in [6, 6.07) is 20.1. The zero-order valence-electron chi connectivity index (χ0n) is 17.3. The molecule has 3 rings (SSSR count). The Balaban J connectivity index is 1.83. The van der Waals surface area contributed by atoms with Crippen LogP contribution in [0.2, 0.25) is 0 Å². The minimum atomic E-state index is -3.18. The fourth-order valence-electron chi connectivity index (χ4n) is 2.83. The quantitative estimate of drug-likeness (QED) is 0.328. The summed E-state index contributed by atoms with van der Waals surface area (Å²) in [7, 11) is 1.82. The zero-order valence-corrected chi connectivity index (χ0v) is 19.5. The second-order valence-corrected chi connectivity index (χ2v) is 9.89. The number of halogens is 1. The third-order valence-corrected chi connectivity index (χ3v) is 8.15. The van der Waals surface area contributed by atoms with Crippen molar-refractivity contribution < 1.29 is 25.3 Å². The summed E-state index contributed by atoms with van der Waals surface area (Å²) in [5.74, 6) is -1.40. The number of esters is 1. The van der Waals surface area contributed by atoms with Crippen LogP contribution in [0.1, 0.15) is 35.5 Å². The topological polar surface area (TPSA) is 83.8 Å². The van der Waals surface area contributed by atoms with E-state index in [1.54, 1.807) is 30.3 Å². The number of hydrogen-bond donors (Lipinski definition) is 0. The first-order valence-corrected chi connectivity index (χ1v) is 12.3. The van der Waals surface area contributed by atoms with Gasteiger partial charge in [0.25, 0.3) is 0 Å². The average Bonchev–Trinajstić information content (AvgIpc) is 3.07. The molecule has 0 amide bonds. The summed E-state index contributed by atoms with van der Waals surface area (Å²) in [5.41, 5.74) is 2.32. The van der Waals surface area contributed by atoms with Crippen molar-refractivity contribution in [2.75, 3.05) is 0 Å². The van der Waals surface area contributed by atoms with Crippen LogP contribution in [-0.4, -0.2) is 22.5 Å². The molecule has 0 atom stereocenters. The third kappa shape index (κ3) is 5.94. The van der Waals surface area contributed by atoms with Crippen LogP contribution in [0.5, 0.6) is 5.88 Å². The number of carbonyl (C=O) groups is 3. The number of benzene rings is 2. The monoisotopic (exact) mass is 535 g/mol. The summed E-state index contributed by atoms with van der Waals surface area (Å²) in [6.45, 7) is 2.46. The van der Waals surface area contributed by atoms with Crippen LogP contribution in [0.15, 0.2) is 66.7 Å². The number of nitrogens with zero attached hydrogens (tertiary/aromatic N) is 1. The summed E-state index contributed by atoms with van der Waals surface area (Å²) in [4.78, 5) is 35.9. The molecule has 0 bridgehead atoms. The van der Waals surface area contributed by atoms with E-state index < -0.39 is 38.6 Å². The molecule has 0 aliphatic carbocycles. The summed E-state index contributed by atoms with van der Waals surface area (Å²) < 4.78 is 18.3. The van der Waals surface area contributed by atoms with Gasteiger partial charge in [0, 0.05) is 0 Å². The normalized spacial score (nSPS) is 10.9. The van der Waals surface area contributed by atoms with Gasteiger partial charge in [0.2, 0.25) is 0 Å². The average molecular weight is 535 g/mol. The SMILES string of the molecule is CC(=O)OI(OC(C)=O)c1ccccc1C(=O)Oc1ccc(Cc2ccccc2)n1C. The van der Waals surface area contributed by atoms with Gasteiger partial charge in [-0.05, 0) is 0 Å². The molecule has 7 nitrogen and oxygen atoms in total. The molecule has 162 valence electrons. The van der Waals surface area contributed by atoms with E-state index in [0.29, 0.717) is 15.9 Å². The Morgan fingerprint density at radius 2 is 1.45 bits per heavy atom. The van der Waals surface area contributed by atoms with Gasteiger partial charge in [0.05, 0.1) is 0 Å². The van der Waals surface area contributed by atoms with Gasteiger partial charge < -0.3 is 0 Å². The maximum atomic E-state index is 12.9. The molecule has 0 fully saturated rings. The molecule has 0 spiro atoms. The molecule has 3 aromatic rings. The number of aromatic nitrogens is 1. The molecule has 31 heavy (non-hydrogen) atoms. The summed E-state index contributed by atoms with van der Waals surface area (Å²) in [6.07, 6.45) is 0.695. The first-order valence-electron chi connectivity index (χ1n) is 9.43. The van der Waals surface area contributed by atoms with E-state index in [9.17, 15) is 14.4 Å². The standard InChI is InChI=1S/C23H22INO6/c1-16(26)30-24(31-17(2)27)21-12-8-7-11-20(21)23(28)29-22-14-13-19(25(22)3)15-18-9-5-4-6-10-18/h4-14H,15H2,1-3H3. The summed E-state index contributed by atoms with van der Waals surface area (Å²) >= 11 is -3.18. The number of hydrogen-bond acceptors (Lipinski definition) is 6. The first-order chi connectivity index (χ1) is 14.8. The Hall–Kier alpha value is -3.14. The minimum absolute atomic E-state index is 0.195. The fourth-order valence-corrected chi connectivity index (χ4v) is 5.89. The van der Waals surface area contributed by atoms with Gasteiger partial charge >= 0.3 is 189 Å². The van der Waals surface area contributed by atoms with Crippen LogP contribution >= 0.6 is 20.6 Å². The Morgan fingerprint density at radius 1 is 0.839 bits per heavy atom. The van der Waals surface area contributed by atoms with Crippen molar-refractivity contribution in [1.29, 1.82) is 0 Å². The molecule has 2 aromatic carbocycles. The molecule has 8 heteroatoms. The number of carbonyl (C=O) groups excluding carboxylic acids is 3. The van der Waals surface area contributed by atoms with Gasteiger partial charge in [-0.25, -0.2) is 0 Å². The molecule has 0 saturated heterocycles. The van der Waals surface area contributed by atoms with Gasteiger partial charge in [0.1, 0.15) is 0 Å². The number of ether oxygens (including phenoxy) is 1. The molecule has 0 saturated carbocycles. The van der Waals surface area contributed by atoms with Crippen molar-refractivity contribution in [3.05, 3.63) is 87.1 Å². The van der Waals surface area contributed by atoms with Crippen molar-refractivity contribution in [3.63, 3.8) is 0 Å². The third-order valence-electron chi connectivity index (χ3n) is 4.22. The molecular weight excluding hydrogens is 513 g/mol. The Morgan fingerprint density at radius 3 is 2.10 bits per heavy atom. The second kappa shape index (κ2) is 10.3. The fraction of sp³-hybridized carbons (Fsp3) is 0.174. The van der Waals surface area contributed by atoms with Crippen LogP contribution in [-0.2, 0) is 29.2 Å². The Bertz CT molecular complexity index is 1080. The molecule has 0 aliphatic heterocycles. The Kier molecular flexibility index (Phi) is 7.45. The van der Waals surface area contributed by atoms with Crippen LogP contribution in [0.3, 0.4) is 0 Å². The van der Waals surface area contributed by atoms with Gasteiger partial charge in [0.15, 0.2) is 0 Å². The van der Waals surface area contributed by atoms with E-state index in [-0.39, 0.29) is 5.56 Å². The van der Waals surface area contributed by atoms with E-state index in [1.807, 2.05) is 48.0 Å². The number of rotatable bonds is 7. The van der Waals surface area contributed by atoms with E-state index in [2.05, 4.69) is 0 Å². The van der Waals surface area contributed by atoms with E-state index in [4.69, 9.17) is 10.9 Å². The maximum absolute atomic E-state index is 12.9. The van der Waals surface area contributed by atoms with Crippen molar-refractivity contribution >= 4 is 38.6 Å². The van der Waals surface area contributed by atoms with Crippen molar-refractivity contribution in [2.45, 2.75) is 20.3 Å². The van der Waals surface area contributed by atoms with E-state index in [1.165, 1.54) is 13.8 Å². The van der Waals surface area contributed by atoms with Crippen molar-refractivity contribution in [2.24, 2.45) is 7.05 Å². The predicted octanol–water partition coefficient (Wildman–Crippen LogP) is 4.47. The molecule has 1 aromatic heterocycles. The van der Waals surface area contributed by atoms with Gasteiger partial charge in [-0.2, -0.15) is 0 Å². The van der Waals surface area contributed by atoms with Crippen LogP contribution in [0, 0.1) is 3.57 Å². The van der Waals surface area contributed by atoms with Gasteiger partial charge in [-0.3, -0.25) is 0 Å². The second-order valence-electron chi connectivity index (χ2n) is 6.61. The van der Waals surface area contributed by atoms with Crippen LogP contribution < -0.4 is 4.74 Å². The molecule has 0 aliphatic rings. The molecular formula is C23H22INO6. The van der Waals surface area contributed by atoms with Crippen LogP contribution in [0.4, 0.5) is 0 Å². The van der Waals surface area contributed by atoms with Gasteiger partial charge in [-0.1, -0.05) is 0 Å². The first kappa shape index (κ1) is 22.5. The molecule has 0 N–H and O–H groups in total. The van der Waals surface area contributed by atoms with Crippen molar-refractivity contribution in [1.82, 2.24) is 4.57 Å². The summed E-state index contributed by atoms with van der Waals surface area (Å²) in [5, 5.41) is 0.